The Morgan fingerprint density at radius 1 is 0.656 bits per heavy atom. The van der Waals surface area contributed by atoms with Gasteiger partial charge in [-0.15, -0.1) is 0 Å². The van der Waals surface area contributed by atoms with Crippen molar-refractivity contribution in [1.82, 2.24) is 0 Å². The van der Waals surface area contributed by atoms with Crippen LogP contribution in [0.4, 0.5) is 5.69 Å². The molecule has 3 aromatic rings. The van der Waals surface area contributed by atoms with Gasteiger partial charge in [-0.25, -0.2) is 14.5 Å². The van der Waals surface area contributed by atoms with E-state index in [-0.39, 0.29) is 11.1 Å². The van der Waals surface area contributed by atoms with Crippen molar-refractivity contribution in [1.29, 1.82) is 0 Å². The number of carbonyl (C=O) groups is 4. The van der Waals surface area contributed by atoms with E-state index in [4.69, 9.17) is 9.47 Å². The summed E-state index contributed by atoms with van der Waals surface area (Å²) in [5.41, 5.74) is 1.41. The van der Waals surface area contributed by atoms with Gasteiger partial charge in [0.2, 0.25) is 12.2 Å². The Hall–Kier alpha value is -4.26. The zero-order chi connectivity index (χ0) is 22.7. The number of imide groups is 1. The van der Waals surface area contributed by atoms with E-state index in [1.807, 2.05) is 0 Å². The number of anilines is 1. The van der Waals surface area contributed by atoms with Gasteiger partial charge in [-0.2, -0.15) is 0 Å². The van der Waals surface area contributed by atoms with Gasteiger partial charge >= 0.3 is 11.9 Å². The average Bonchev–Trinajstić information content (AvgIpc) is 3.04. The normalized spacial score (nSPS) is 17.8. The summed E-state index contributed by atoms with van der Waals surface area (Å²) in [6.45, 7) is 1.74. The van der Waals surface area contributed by atoms with Gasteiger partial charge in [0.25, 0.3) is 11.8 Å². The topological polar surface area (TPSA) is 90.0 Å². The molecular weight excluding hydrogens is 410 g/mol. The molecule has 160 valence electrons. The highest BCUT2D eigenvalue weighted by Crippen LogP contribution is 2.30. The van der Waals surface area contributed by atoms with Crippen LogP contribution in [0.25, 0.3) is 0 Å². The Bertz CT molecular complexity index is 1100. The van der Waals surface area contributed by atoms with E-state index in [9.17, 15) is 19.2 Å². The summed E-state index contributed by atoms with van der Waals surface area (Å²) in [6.07, 6.45) is -3.22. The lowest BCUT2D eigenvalue weighted by atomic mass is 10.2. The fourth-order valence-electron chi connectivity index (χ4n) is 3.41. The number of hydrogen-bond donors (Lipinski definition) is 0. The number of carbonyl (C=O) groups excluding carboxylic acids is 4. The van der Waals surface area contributed by atoms with E-state index in [0.29, 0.717) is 11.3 Å². The van der Waals surface area contributed by atoms with Crippen molar-refractivity contribution in [2.75, 3.05) is 4.90 Å². The third-order valence-electron chi connectivity index (χ3n) is 5.05. The van der Waals surface area contributed by atoms with Crippen LogP contribution in [0.3, 0.4) is 0 Å². The van der Waals surface area contributed by atoms with Crippen LogP contribution < -0.4 is 4.90 Å². The quantitative estimate of drug-likeness (QED) is 0.457. The zero-order valence-corrected chi connectivity index (χ0v) is 17.1. The molecule has 0 saturated carbocycles. The van der Waals surface area contributed by atoms with Gasteiger partial charge < -0.3 is 9.47 Å². The van der Waals surface area contributed by atoms with Crippen molar-refractivity contribution >= 4 is 29.4 Å². The number of esters is 2. The van der Waals surface area contributed by atoms with Crippen LogP contribution in [0, 0.1) is 6.92 Å². The molecular formula is C25H19NO6. The second-order valence-corrected chi connectivity index (χ2v) is 7.18. The molecule has 0 N–H and O–H groups in total. The Kier molecular flexibility index (Phi) is 5.81. The highest BCUT2D eigenvalue weighted by atomic mass is 16.6. The molecule has 3 aromatic carbocycles. The van der Waals surface area contributed by atoms with Gasteiger partial charge in [0.15, 0.2) is 0 Å². The van der Waals surface area contributed by atoms with Gasteiger partial charge in [0.1, 0.15) is 0 Å². The smallest absolute Gasteiger partial charge is 0.339 e. The van der Waals surface area contributed by atoms with E-state index in [1.54, 1.807) is 67.6 Å². The Balaban J connectivity index is 1.67. The minimum absolute atomic E-state index is 0.204. The molecule has 0 aliphatic carbocycles. The Labute approximate surface area is 184 Å². The molecule has 2 amide bonds. The molecule has 2 atom stereocenters. The standard InChI is InChI=1S/C25H19NO6/c1-16-10-8-9-15-19(16)26-22(27)20(31-24(29)17-11-4-2-5-12-17)21(23(26)28)32-25(30)18-13-6-3-7-14-18/h2-15,20-21H,1H3/t20-,21+. The van der Waals surface area contributed by atoms with Crippen LogP contribution in [-0.2, 0) is 19.1 Å². The van der Waals surface area contributed by atoms with Gasteiger partial charge in [-0.05, 0) is 42.8 Å². The summed E-state index contributed by atoms with van der Waals surface area (Å²) in [6, 6.07) is 22.9. The van der Waals surface area contributed by atoms with Gasteiger partial charge in [-0.3, -0.25) is 9.59 Å². The van der Waals surface area contributed by atoms with Crippen LogP contribution >= 0.6 is 0 Å². The molecule has 0 radical (unpaired) electrons. The first-order valence-electron chi connectivity index (χ1n) is 9.93. The number of ether oxygens (including phenoxy) is 2. The molecule has 1 saturated heterocycles. The second-order valence-electron chi connectivity index (χ2n) is 7.18. The molecule has 32 heavy (non-hydrogen) atoms. The number of para-hydroxylation sites is 1. The highest BCUT2D eigenvalue weighted by Gasteiger charge is 2.53. The van der Waals surface area contributed by atoms with Crippen LogP contribution in [0.15, 0.2) is 84.9 Å². The molecule has 0 spiro atoms. The van der Waals surface area contributed by atoms with Crippen molar-refractivity contribution in [2.45, 2.75) is 19.1 Å². The van der Waals surface area contributed by atoms with Crippen molar-refractivity contribution in [3.8, 4) is 0 Å². The first-order chi connectivity index (χ1) is 15.5. The summed E-state index contributed by atoms with van der Waals surface area (Å²) >= 11 is 0. The monoisotopic (exact) mass is 429 g/mol. The molecule has 1 heterocycles. The summed E-state index contributed by atoms with van der Waals surface area (Å²) in [4.78, 5) is 52.5. The molecule has 7 nitrogen and oxygen atoms in total. The molecule has 0 bridgehead atoms. The third kappa shape index (κ3) is 4.00. The molecule has 1 aliphatic heterocycles. The molecule has 7 heteroatoms. The summed E-state index contributed by atoms with van der Waals surface area (Å²) in [5.74, 6) is -3.16. The molecule has 1 aliphatic rings. The van der Waals surface area contributed by atoms with Crippen LogP contribution in [0.5, 0.6) is 0 Å². The maximum absolute atomic E-state index is 13.2. The van der Waals surface area contributed by atoms with E-state index in [2.05, 4.69) is 0 Å². The largest absolute Gasteiger partial charge is 0.444 e. The Morgan fingerprint density at radius 2 is 1.06 bits per heavy atom. The number of amides is 2. The van der Waals surface area contributed by atoms with E-state index in [0.717, 1.165) is 4.90 Å². The van der Waals surface area contributed by atoms with Crippen molar-refractivity contribution in [3.05, 3.63) is 102 Å². The second kappa shape index (κ2) is 8.85. The summed E-state index contributed by atoms with van der Waals surface area (Å²) in [5, 5.41) is 0. The van der Waals surface area contributed by atoms with Crippen LogP contribution in [0.2, 0.25) is 0 Å². The first-order valence-corrected chi connectivity index (χ1v) is 9.93. The van der Waals surface area contributed by atoms with Crippen molar-refractivity contribution < 1.29 is 28.7 Å². The highest BCUT2D eigenvalue weighted by molar-refractivity contribution is 6.25. The number of aryl methyl sites for hydroxylation is 1. The Morgan fingerprint density at radius 3 is 1.50 bits per heavy atom. The predicted molar refractivity (Wildman–Crippen MR) is 115 cm³/mol. The van der Waals surface area contributed by atoms with Crippen molar-refractivity contribution in [3.63, 3.8) is 0 Å². The minimum Gasteiger partial charge on any atom is -0.444 e. The van der Waals surface area contributed by atoms with Gasteiger partial charge in [0.05, 0.1) is 16.8 Å². The number of rotatable bonds is 5. The lowest BCUT2D eigenvalue weighted by Crippen LogP contribution is -2.37. The van der Waals surface area contributed by atoms with E-state index < -0.39 is 36.0 Å². The fourth-order valence-corrected chi connectivity index (χ4v) is 3.41. The molecule has 4 rings (SSSR count). The minimum atomic E-state index is -1.61. The average molecular weight is 429 g/mol. The lowest BCUT2D eigenvalue weighted by molar-refractivity contribution is -0.130. The fraction of sp³-hybridized carbons (Fsp3) is 0.120. The summed E-state index contributed by atoms with van der Waals surface area (Å²) < 4.78 is 10.8. The maximum Gasteiger partial charge on any atom is 0.339 e. The van der Waals surface area contributed by atoms with Crippen molar-refractivity contribution in [2.24, 2.45) is 0 Å². The first kappa shape index (κ1) is 21.0. The van der Waals surface area contributed by atoms with Gasteiger partial charge in [0, 0.05) is 0 Å². The SMILES string of the molecule is Cc1ccccc1N1C(=O)[C@@H](OC(=O)c2ccccc2)[C@@H](OC(=O)c2ccccc2)C1=O. The van der Waals surface area contributed by atoms with E-state index >= 15 is 0 Å². The number of nitrogens with zero attached hydrogens (tertiary/aromatic N) is 1. The molecule has 0 unspecified atom stereocenters. The molecule has 1 fully saturated rings. The third-order valence-corrected chi connectivity index (χ3v) is 5.05. The number of hydrogen-bond acceptors (Lipinski definition) is 6. The van der Waals surface area contributed by atoms with Crippen LogP contribution in [-0.4, -0.2) is 36.0 Å². The maximum atomic E-state index is 13.2. The lowest BCUT2D eigenvalue weighted by Gasteiger charge is -2.16. The number of benzene rings is 3. The molecule has 0 aromatic heterocycles. The van der Waals surface area contributed by atoms with E-state index in [1.165, 1.54) is 24.3 Å². The predicted octanol–water partition coefficient (Wildman–Crippen LogP) is 3.32. The zero-order valence-electron chi connectivity index (χ0n) is 17.1. The van der Waals surface area contributed by atoms with Gasteiger partial charge in [-0.1, -0.05) is 54.6 Å². The summed E-state index contributed by atoms with van der Waals surface area (Å²) in [7, 11) is 0. The van der Waals surface area contributed by atoms with Crippen LogP contribution in [0.1, 0.15) is 26.3 Å².